The van der Waals surface area contributed by atoms with Gasteiger partial charge in [-0.3, -0.25) is 4.90 Å². The summed E-state index contributed by atoms with van der Waals surface area (Å²) in [6, 6.07) is 8.26. The normalized spacial score (nSPS) is 28.5. The van der Waals surface area contributed by atoms with Gasteiger partial charge in [-0.05, 0) is 50.2 Å². The van der Waals surface area contributed by atoms with E-state index >= 15 is 0 Å². The molecule has 108 valence electrons. The molecule has 0 radical (unpaired) electrons. The van der Waals surface area contributed by atoms with Crippen LogP contribution in [0.1, 0.15) is 44.2 Å². The van der Waals surface area contributed by atoms with Crippen molar-refractivity contribution in [3.63, 3.8) is 0 Å². The van der Waals surface area contributed by atoms with Crippen molar-refractivity contribution in [1.29, 1.82) is 0 Å². The van der Waals surface area contributed by atoms with Crippen LogP contribution in [0.2, 0.25) is 5.02 Å². The fraction of sp³-hybridized carbons (Fsp3) is 0.562. The minimum atomic E-state index is -0.188. The molecule has 0 spiro atoms. The number of carbonyl (C=O) groups excluding carboxylic acids is 1. The van der Waals surface area contributed by atoms with Gasteiger partial charge < -0.3 is 4.74 Å². The third-order valence-corrected chi connectivity index (χ3v) is 4.93. The third-order valence-electron chi connectivity index (χ3n) is 4.58. The summed E-state index contributed by atoms with van der Waals surface area (Å²) in [5.41, 5.74) is 1.07. The summed E-state index contributed by atoms with van der Waals surface area (Å²) in [7, 11) is 0. The number of amides is 1. The summed E-state index contributed by atoms with van der Waals surface area (Å²) >= 11 is 6.36. The standard InChI is InChI=1S/C16H20ClNO2/c1-2-20-16(19)18-12-9-7-11(8-10-12)15(18)13-5-3-4-6-14(13)17/h3-6,11-12,15H,2,7-10H2,1H3. The largest absolute Gasteiger partial charge is 0.450 e. The van der Waals surface area contributed by atoms with Gasteiger partial charge in [0, 0.05) is 11.1 Å². The number of halogens is 1. The molecule has 1 amide bonds. The molecule has 3 fully saturated rings. The van der Waals surface area contributed by atoms with Crippen LogP contribution < -0.4 is 0 Å². The molecule has 1 aromatic rings. The van der Waals surface area contributed by atoms with Crippen LogP contribution in [0.5, 0.6) is 0 Å². The molecule has 1 saturated carbocycles. The summed E-state index contributed by atoms with van der Waals surface area (Å²) in [4.78, 5) is 14.3. The van der Waals surface area contributed by atoms with Gasteiger partial charge in [-0.1, -0.05) is 29.8 Å². The van der Waals surface area contributed by atoms with Gasteiger partial charge >= 0.3 is 6.09 Å². The van der Waals surface area contributed by atoms with Gasteiger partial charge in [0.25, 0.3) is 0 Å². The fourth-order valence-electron chi connectivity index (χ4n) is 3.73. The first-order valence-electron chi connectivity index (χ1n) is 7.42. The van der Waals surface area contributed by atoms with Gasteiger partial charge in [0.15, 0.2) is 0 Å². The molecule has 3 aliphatic rings. The highest BCUT2D eigenvalue weighted by Gasteiger charge is 2.45. The summed E-state index contributed by atoms with van der Waals surface area (Å²) in [6.45, 7) is 2.27. The van der Waals surface area contributed by atoms with Gasteiger partial charge in [-0.2, -0.15) is 0 Å². The van der Waals surface area contributed by atoms with Gasteiger partial charge in [-0.15, -0.1) is 0 Å². The van der Waals surface area contributed by atoms with E-state index in [1.54, 1.807) is 0 Å². The maximum Gasteiger partial charge on any atom is 0.410 e. The van der Waals surface area contributed by atoms with Crippen LogP contribution in [0.3, 0.4) is 0 Å². The molecule has 1 aliphatic carbocycles. The molecule has 2 bridgehead atoms. The van der Waals surface area contributed by atoms with Gasteiger partial charge in [-0.25, -0.2) is 4.79 Å². The number of rotatable bonds is 2. The van der Waals surface area contributed by atoms with E-state index in [1.807, 2.05) is 36.1 Å². The first kappa shape index (κ1) is 13.7. The Kier molecular flexibility index (Phi) is 3.88. The molecule has 4 heteroatoms. The Morgan fingerprint density at radius 3 is 2.65 bits per heavy atom. The number of nitrogens with zero attached hydrogens (tertiary/aromatic N) is 1. The molecular formula is C16H20ClNO2. The lowest BCUT2D eigenvalue weighted by molar-refractivity contribution is -0.0130. The molecule has 1 unspecified atom stereocenters. The van der Waals surface area contributed by atoms with Crippen LogP contribution in [-0.4, -0.2) is 23.6 Å². The Morgan fingerprint density at radius 2 is 2.00 bits per heavy atom. The summed E-state index contributed by atoms with van der Waals surface area (Å²) in [5, 5.41) is 0.749. The Morgan fingerprint density at radius 1 is 1.30 bits per heavy atom. The Bertz CT molecular complexity index is 497. The number of benzene rings is 1. The van der Waals surface area contributed by atoms with Crippen LogP contribution in [0, 0.1) is 5.92 Å². The highest BCUT2D eigenvalue weighted by molar-refractivity contribution is 6.31. The zero-order valence-electron chi connectivity index (χ0n) is 11.7. The molecule has 20 heavy (non-hydrogen) atoms. The second-order valence-corrected chi connectivity index (χ2v) is 6.05. The van der Waals surface area contributed by atoms with E-state index in [0.717, 1.165) is 23.4 Å². The lowest BCUT2D eigenvalue weighted by Gasteiger charge is -2.51. The second-order valence-electron chi connectivity index (χ2n) is 5.64. The molecule has 4 rings (SSSR count). The number of ether oxygens (including phenoxy) is 1. The molecule has 2 saturated heterocycles. The maximum absolute atomic E-state index is 12.3. The quantitative estimate of drug-likeness (QED) is 0.808. The number of hydrogen-bond donors (Lipinski definition) is 0. The number of piperidine rings is 2. The zero-order chi connectivity index (χ0) is 14.1. The van der Waals surface area contributed by atoms with Gasteiger partial charge in [0.1, 0.15) is 0 Å². The molecule has 2 aliphatic heterocycles. The average Bonchev–Trinajstić information content (AvgIpc) is 2.48. The minimum absolute atomic E-state index is 0.0789. The molecule has 1 aromatic carbocycles. The molecule has 0 N–H and O–H groups in total. The Labute approximate surface area is 124 Å². The van der Waals surface area contributed by atoms with Crippen molar-refractivity contribution in [2.45, 2.75) is 44.7 Å². The lowest BCUT2D eigenvalue weighted by Crippen LogP contribution is -2.53. The topological polar surface area (TPSA) is 29.5 Å². The van der Waals surface area contributed by atoms with Crippen molar-refractivity contribution >= 4 is 17.7 Å². The smallest absolute Gasteiger partial charge is 0.410 e. The van der Waals surface area contributed by atoms with Crippen LogP contribution in [0.15, 0.2) is 24.3 Å². The molecule has 0 aromatic heterocycles. The van der Waals surface area contributed by atoms with Gasteiger partial charge in [0.2, 0.25) is 0 Å². The summed E-state index contributed by atoms with van der Waals surface area (Å²) in [5.74, 6) is 0.504. The SMILES string of the molecule is CCOC(=O)N1C2CCC(CC2)C1c1ccccc1Cl. The van der Waals surface area contributed by atoms with E-state index in [9.17, 15) is 4.79 Å². The van der Waals surface area contributed by atoms with E-state index in [-0.39, 0.29) is 12.1 Å². The average molecular weight is 294 g/mol. The number of fused-ring (bicyclic) bond motifs is 3. The predicted octanol–water partition coefficient (Wildman–Crippen LogP) is 4.41. The van der Waals surface area contributed by atoms with Gasteiger partial charge in [0.05, 0.1) is 12.6 Å². The van der Waals surface area contributed by atoms with Crippen LogP contribution in [0.25, 0.3) is 0 Å². The van der Waals surface area contributed by atoms with Crippen molar-refractivity contribution in [2.75, 3.05) is 6.61 Å². The third kappa shape index (κ3) is 2.28. The Balaban J connectivity index is 1.97. The van der Waals surface area contributed by atoms with Crippen LogP contribution in [0.4, 0.5) is 4.79 Å². The van der Waals surface area contributed by atoms with E-state index in [2.05, 4.69) is 0 Å². The second kappa shape index (κ2) is 5.65. The van der Waals surface area contributed by atoms with Crippen molar-refractivity contribution in [2.24, 2.45) is 5.92 Å². The number of carbonyl (C=O) groups is 1. The summed E-state index contributed by atoms with van der Waals surface area (Å²) in [6.07, 6.45) is 4.34. The fourth-order valence-corrected chi connectivity index (χ4v) is 3.98. The van der Waals surface area contributed by atoms with E-state index in [0.29, 0.717) is 18.6 Å². The van der Waals surface area contributed by atoms with E-state index < -0.39 is 0 Å². The van der Waals surface area contributed by atoms with Crippen molar-refractivity contribution in [3.8, 4) is 0 Å². The van der Waals surface area contributed by atoms with Crippen molar-refractivity contribution in [1.82, 2.24) is 4.90 Å². The molecular weight excluding hydrogens is 274 g/mol. The summed E-state index contributed by atoms with van der Waals surface area (Å²) < 4.78 is 5.27. The minimum Gasteiger partial charge on any atom is -0.450 e. The Hall–Kier alpha value is -1.22. The predicted molar refractivity (Wildman–Crippen MR) is 78.8 cm³/mol. The maximum atomic E-state index is 12.3. The first-order valence-corrected chi connectivity index (χ1v) is 7.79. The zero-order valence-corrected chi connectivity index (χ0v) is 12.5. The van der Waals surface area contributed by atoms with Crippen molar-refractivity contribution in [3.05, 3.63) is 34.9 Å². The highest BCUT2D eigenvalue weighted by Crippen LogP contribution is 2.48. The molecule has 1 atom stereocenters. The van der Waals surface area contributed by atoms with Crippen molar-refractivity contribution < 1.29 is 9.53 Å². The van der Waals surface area contributed by atoms with E-state index in [1.165, 1.54) is 12.8 Å². The van der Waals surface area contributed by atoms with Crippen LogP contribution >= 0.6 is 11.6 Å². The molecule has 3 nitrogen and oxygen atoms in total. The van der Waals surface area contributed by atoms with Crippen LogP contribution in [-0.2, 0) is 4.74 Å². The highest BCUT2D eigenvalue weighted by atomic mass is 35.5. The van der Waals surface area contributed by atoms with E-state index in [4.69, 9.17) is 16.3 Å². The first-order chi connectivity index (χ1) is 9.72. The lowest BCUT2D eigenvalue weighted by atomic mass is 9.72. The number of hydrogen-bond acceptors (Lipinski definition) is 2. The monoisotopic (exact) mass is 293 g/mol. The molecule has 2 heterocycles.